The molecule has 3 N–H and O–H groups in total. The highest BCUT2D eigenvalue weighted by atomic mass is 35.5. The number of nitrogens with one attached hydrogen (secondary N) is 3. The van der Waals surface area contributed by atoms with E-state index in [0.29, 0.717) is 49.0 Å². The Kier molecular flexibility index (Phi) is 9.73. The van der Waals surface area contributed by atoms with Crippen LogP contribution < -0.4 is 20.9 Å². The molecule has 1 atom stereocenters. The first kappa shape index (κ1) is 29.7. The minimum Gasteiger partial charge on any atom is -0.444 e. The summed E-state index contributed by atoms with van der Waals surface area (Å²) in [6.07, 6.45) is 0.0245. The van der Waals surface area contributed by atoms with Crippen LogP contribution in [0.5, 0.6) is 0 Å². The van der Waals surface area contributed by atoms with Gasteiger partial charge >= 0.3 is 12.1 Å². The van der Waals surface area contributed by atoms with Crippen molar-refractivity contribution in [1.29, 1.82) is 0 Å². The zero-order chi connectivity index (χ0) is 29.4. The molecule has 4 rings (SSSR count). The van der Waals surface area contributed by atoms with Gasteiger partial charge < -0.3 is 30.5 Å². The molecule has 9 nitrogen and oxygen atoms in total. The van der Waals surface area contributed by atoms with Crippen molar-refractivity contribution in [1.82, 2.24) is 10.2 Å². The number of anilines is 3. The Labute approximate surface area is 245 Å². The van der Waals surface area contributed by atoms with Crippen LogP contribution in [0.4, 0.5) is 26.7 Å². The molecule has 0 unspecified atom stereocenters. The standard InChI is InChI=1S/C31H36ClN5O4/c1-31(2,3)41-30(40)37-19-17-36(18-20-37)26-15-13-24(14-16-26)33-28(38)27(21-22-7-5-4-6-8-22)35-29(39)34-25-11-9-23(32)10-12-25/h4-16,27H,17-21H2,1-3H3,(H,33,38)(H2,34,35,39)/t27-/m1/s1. The number of nitrogens with zero attached hydrogens (tertiary/aromatic N) is 2. The van der Waals surface area contributed by atoms with E-state index in [4.69, 9.17) is 16.3 Å². The number of ether oxygens (including phenoxy) is 1. The molecule has 41 heavy (non-hydrogen) atoms. The SMILES string of the molecule is CC(C)(C)OC(=O)N1CCN(c2ccc(NC(=O)[C@@H](Cc3ccccc3)NC(=O)Nc3ccc(Cl)cc3)cc2)CC1. The Balaban J connectivity index is 1.35. The summed E-state index contributed by atoms with van der Waals surface area (Å²) in [7, 11) is 0. The molecule has 4 amide bonds. The second-order valence-corrected chi connectivity index (χ2v) is 11.3. The maximum atomic E-state index is 13.3. The van der Waals surface area contributed by atoms with Crippen molar-refractivity contribution < 1.29 is 19.1 Å². The molecule has 1 saturated heterocycles. The molecule has 1 aliphatic rings. The third kappa shape index (κ3) is 9.14. The lowest BCUT2D eigenvalue weighted by Gasteiger charge is -2.36. The summed E-state index contributed by atoms with van der Waals surface area (Å²) in [6.45, 7) is 8.07. The molecule has 1 heterocycles. The molecule has 0 aromatic heterocycles. The molecule has 1 fully saturated rings. The van der Waals surface area contributed by atoms with E-state index in [1.807, 2.05) is 75.4 Å². The van der Waals surface area contributed by atoms with Crippen LogP contribution in [0, 0.1) is 0 Å². The number of carbonyl (C=O) groups excluding carboxylic acids is 3. The van der Waals surface area contributed by atoms with E-state index in [9.17, 15) is 14.4 Å². The second kappa shape index (κ2) is 13.4. The van der Waals surface area contributed by atoms with E-state index in [1.54, 1.807) is 29.2 Å². The molecule has 3 aromatic carbocycles. The zero-order valence-corrected chi connectivity index (χ0v) is 24.3. The number of urea groups is 1. The van der Waals surface area contributed by atoms with Gasteiger partial charge in [-0.3, -0.25) is 4.79 Å². The monoisotopic (exact) mass is 577 g/mol. The van der Waals surface area contributed by atoms with Crippen LogP contribution in [0.15, 0.2) is 78.9 Å². The fourth-order valence-corrected chi connectivity index (χ4v) is 4.50. The first-order valence-electron chi connectivity index (χ1n) is 13.6. The van der Waals surface area contributed by atoms with Crippen LogP contribution in [0.2, 0.25) is 5.02 Å². The molecule has 0 saturated carbocycles. The molecule has 0 spiro atoms. The quantitative estimate of drug-likeness (QED) is 0.331. The van der Waals surface area contributed by atoms with Crippen molar-refractivity contribution in [3.63, 3.8) is 0 Å². The maximum Gasteiger partial charge on any atom is 0.410 e. The van der Waals surface area contributed by atoms with Gasteiger partial charge in [0.05, 0.1) is 0 Å². The van der Waals surface area contributed by atoms with E-state index in [0.717, 1.165) is 11.3 Å². The Morgan fingerprint density at radius 3 is 2.02 bits per heavy atom. The highest BCUT2D eigenvalue weighted by Crippen LogP contribution is 2.21. The Morgan fingerprint density at radius 2 is 1.41 bits per heavy atom. The number of hydrogen-bond donors (Lipinski definition) is 3. The molecule has 3 aromatic rings. The van der Waals surface area contributed by atoms with Crippen LogP contribution >= 0.6 is 11.6 Å². The minimum atomic E-state index is -0.815. The Hall–Kier alpha value is -4.24. The smallest absolute Gasteiger partial charge is 0.410 e. The molecule has 0 aliphatic carbocycles. The van der Waals surface area contributed by atoms with Crippen molar-refractivity contribution in [2.45, 2.75) is 38.8 Å². The molecule has 0 bridgehead atoms. The predicted molar refractivity (Wildman–Crippen MR) is 163 cm³/mol. The lowest BCUT2D eigenvalue weighted by atomic mass is 10.1. The predicted octanol–water partition coefficient (Wildman–Crippen LogP) is 5.77. The van der Waals surface area contributed by atoms with E-state index in [2.05, 4.69) is 20.9 Å². The van der Waals surface area contributed by atoms with Gasteiger partial charge in [0.2, 0.25) is 5.91 Å². The van der Waals surface area contributed by atoms with Crippen LogP contribution in [0.3, 0.4) is 0 Å². The summed E-state index contributed by atoms with van der Waals surface area (Å²) >= 11 is 5.93. The average Bonchev–Trinajstić information content (AvgIpc) is 2.94. The molecule has 10 heteroatoms. The van der Waals surface area contributed by atoms with E-state index in [-0.39, 0.29) is 12.0 Å². The highest BCUT2D eigenvalue weighted by molar-refractivity contribution is 6.30. The van der Waals surface area contributed by atoms with Crippen molar-refractivity contribution in [3.8, 4) is 0 Å². The van der Waals surface area contributed by atoms with Gasteiger partial charge in [0, 0.05) is 54.7 Å². The largest absolute Gasteiger partial charge is 0.444 e. The van der Waals surface area contributed by atoms with Crippen molar-refractivity contribution in [2.75, 3.05) is 41.7 Å². The van der Waals surface area contributed by atoms with E-state index in [1.165, 1.54) is 0 Å². The summed E-state index contributed by atoms with van der Waals surface area (Å²) in [5, 5.41) is 9.02. The summed E-state index contributed by atoms with van der Waals surface area (Å²) in [4.78, 5) is 42.3. The molecular formula is C31H36ClN5O4. The average molecular weight is 578 g/mol. The van der Waals surface area contributed by atoms with Crippen LogP contribution in [0.25, 0.3) is 0 Å². The van der Waals surface area contributed by atoms with Gasteiger partial charge in [-0.2, -0.15) is 0 Å². The first-order chi connectivity index (χ1) is 19.6. The lowest BCUT2D eigenvalue weighted by molar-refractivity contribution is -0.117. The zero-order valence-electron chi connectivity index (χ0n) is 23.5. The third-order valence-corrected chi connectivity index (χ3v) is 6.69. The lowest BCUT2D eigenvalue weighted by Crippen LogP contribution is -2.50. The number of halogens is 1. The van der Waals surface area contributed by atoms with Gasteiger partial charge in [0.1, 0.15) is 11.6 Å². The van der Waals surface area contributed by atoms with Gasteiger partial charge in [-0.25, -0.2) is 9.59 Å². The van der Waals surface area contributed by atoms with Gasteiger partial charge in [0.25, 0.3) is 0 Å². The highest BCUT2D eigenvalue weighted by Gasteiger charge is 2.26. The number of hydrogen-bond acceptors (Lipinski definition) is 5. The number of rotatable bonds is 7. The number of carbonyl (C=O) groups is 3. The molecule has 216 valence electrons. The van der Waals surface area contributed by atoms with Crippen LogP contribution in [-0.2, 0) is 16.0 Å². The van der Waals surface area contributed by atoms with E-state index >= 15 is 0 Å². The van der Waals surface area contributed by atoms with Crippen LogP contribution in [-0.4, -0.2) is 60.8 Å². The number of benzene rings is 3. The van der Waals surface area contributed by atoms with Gasteiger partial charge in [-0.05, 0) is 74.9 Å². The Bertz CT molecular complexity index is 1320. The topological polar surface area (TPSA) is 103 Å². The fourth-order valence-electron chi connectivity index (χ4n) is 4.38. The third-order valence-electron chi connectivity index (χ3n) is 6.44. The number of piperazine rings is 1. The van der Waals surface area contributed by atoms with Crippen molar-refractivity contribution in [3.05, 3.63) is 89.4 Å². The molecular weight excluding hydrogens is 542 g/mol. The second-order valence-electron chi connectivity index (χ2n) is 10.8. The fraction of sp³-hybridized carbons (Fsp3) is 0.323. The van der Waals surface area contributed by atoms with Crippen molar-refractivity contribution >= 4 is 46.7 Å². The molecule has 1 aliphatic heterocycles. The normalized spacial score (nSPS) is 14.1. The van der Waals surface area contributed by atoms with E-state index < -0.39 is 17.7 Å². The first-order valence-corrected chi connectivity index (χ1v) is 13.9. The summed E-state index contributed by atoms with van der Waals surface area (Å²) in [5.74, 6) is -0.334. The van der Waals surface area contributed by atoms with Crippen molar-refractivity contribution in [2.24, 2.45) is 0 Å². The molecule has 0 radical (unpaired) electrons. The summed E-state index contributed by atoms with van der Waals surface area (Å²) in [5.41, 5.74) is 2.57. The number of amides is 4. The van der Waals surface area contributed by atoms with Gasteiger partial charge in [-0.1, -0.05) is 41.9 Å². The Morgan fingerprint density at radius 1 is 0.829 bits per heavy atom. The summed E-state index contributed by atoms with van der Waals surface area (Å²) in [6, 6.07) is 22.5. The minimum absolute atomic E-state index is 0.296. The summed E-state index contributed by atoms with van der Waals surface area (Å²) < 4.78 is 5.48. The van der Waals surface area contributed by atoms with Gasteiger partial charge in [-0.15, -0.1) is 0 Å². The van der Waals surface area contributed by atoms with Gasteiger partial charge in [0.15, 0.2) is 0 Å². The van der Waals surface area contributed by atoms with Crippen LogP contribution in [0.1, 0.15) is 26.3 Å². The maximum absolute atomic E-state index is 13.3.